The molecule has 6 heteroatoms. The molecule has 2 aromatic rings. The van der Waals surface area contributed by atoms with Crippen molar-refractivity contribution in [2.24, 2.45) is 0 Å². The van der Waals surface area contributed by atoms with E-state index in [9.17, 15) is 5.11 Å². The molecule has 0 aliphatic rings. The zero-order valence-electron chi connectivity index (χ0n) is 13.6. The van der Waals surface area contributed by atoms with Crippen LogP contribution in [0.1, 0.15) is 11.1 Å². The van der Waals surface area contributed by atoms with Gasteiger partial charge < -0.3 is 19.9 Å². The van der Waals surface area contributed by atoms with Crippen LogP contribution in [0.25, 0.3) is 0 Å². The number of methoxy groups -OCH3 is 1. The summed E-state index contributed by atoms with van der Waals surface area (Å²) in [5, 5.41) is 22.1. The van der Waals surface area contributed by atoms with Crippen LogP contribution < -0.4 is 14.8 Å². The molecule has 1 aromatic heterocycles. The third kappa shape index (κ3) is 5.23. The Labute approximate surface area is 141 Å². The van der Waals surface area contributed by atoms with Gasteiger partial charge in [0, 0.05) is 12.7 Å². The number of aromatic nitrogens is 1. The summed E-state index contributed by atoms with van der Waals surface area (Å²) in [6.45, 7) is 1.18. The van der Waals surface area contributed by atoms with Crippen molar-refractivity contribution in [2.45, 2.75) is 12.5 Å². The van der Waals surface area contributed by atoms with E-state index in [1.165, 1.54) is 0 Å². The van der Waals surface area contributed by atoms with Crippen molar-refractivity contribution in [3.05, 3.63) is 53.7 Å². The van der Waals surface area contributed by atoms with E-state index in [-0.39, 0.29) is 12.5 Å². The van der Waals surface area contributed by atoms with Gasteiger partial charge in [-0.05, 0) is 36.7 Å². The molecule has 0 radical (unpaired) electrons. The van der Waals surface area contributed by atoms with Crippen LogP contribution >= 0.6 is 0 Å². The topological polar surface area (TPSA) is 87.4 Å². The highest BCUT2D eigenvalue weighted by Crippen LogP contribution is 2.17. The summed E-state index contributed by atoms with van der Waals surface area (Å²) in [4.78, 5) is 3.99. The van der Waals surface area contributed by atoms with Crippen LogP contribution in [0.2, 0.25) is 0 Å². The number of nitriles is 1. The molecule has 0 unspecified atom stereocenters. The molecule has 24 heavy (non-hydrogen) atoms. The maximum Gasteiger partial charge on any atom is 0.231 e. The zero-order chi connectivity index (χ0) is 17.2. The fourth-order valence-electron chi connectivity index (χ4n) is 2.23. The molecule has 0 fully saturated rings. The van der Waals surface area contributed by atoms with E-state index < -0.39 is 6.10 Å². The third-order valence-electron chi connectivity index (χ3n) is 3.45. The van der Waals surface area contributed by atoms with Gasteiger partial charge >= 0.3 is 0 Å². The fraction of sp³-hybridized carbons (Fsp3) is 0.333. The van der Waals surface area contributed by atoms with Gasteiger partial charge in [-0.25, -0.2) is 4.98 Å². The Morgan fingerprint density at radius 1 is 1.29 bits per heavy atom. The Balaban J connectivity index is 1.70. The van der Waals surface area contributed by atoms with Gasteiger partial charge in [-0.1, -0.05) is 18.2 Å². The molecular formula is C18H21N3O3. The predicted molar refractivity (Wildman–Crippen MR) is 90.0 cm³/mol. The van der Waals surface area contributed by atoms with Gasteiger partial charge in [0.15, 0.2) is 0 Å². The molecule has 2 rings (SSSR count). The first-order valence-corrected chi connectivity index (χ1v) is 7.73. The number of aliphatic hydroxyl groups excluding tert-OH is 1. The molecule has 0 saturated carbocycles. The van der Waals surface area contributed by atoms with Crippen molar-refractivity contribution in [3.8, 4) is 17.7 Å². The lowest BCUT2D eigenvalue weighted by atomic mass is 10.1. The quantitative estimate of drug-likeness (QED) is 0.679. The number of benzene rings is 1. The van der Waals surface area contributed by atoms with E-state index >= 15 is 0 Å². The number of pyridine rings is 1. The van der Waals surface area contributed by atoms with Crippen LogP contribution in [0.3, 0.4) is 0 Å². The summed E-state index contributed by atoms with van der Waals surface area (Å²) in [5.41, 5.74) is 1.47. The average molecular weight is 327 g/mol. The van der Waals surface area contributed by atoms with Crippen LogP contribution in [0.15, 0.2) is 42.6 Å². The minimum atomic E-state index is -0.684. The molecule has 1 aromatic carbocycles. The van der Waals surface area contributed by atoms with Crippen LogP contribution in [0.5, 0.6) is 11.6 Å². The minimum absolute atomic E-state index is 0.0767. The van der Waals surface area contributed by atoms with Crippen LogP contribution in [0, 0.1) is 11.3 Å². The molecule has 0 spiro atoms. The Kier molecular flexibility index (Phi) is 7.02. The van der Waals surface area contributed by atoms with Crippen molar-refractivity contribution >= 4 is 0 Å². The molecule has 0 bridgehead atoms. The number of hydrogen-bond donors (Lipinski definition) is 2. The largest absolute Gasteiger partial charge is 0.496 e. The first kappa shape index (κ1) is 17.7. The standard InChI is InChI=1S/C18H21N3O3/c1-23-17-7-3-2-5-14(17)8-10-20-12-16(22)13-24-18-15(11-19)6-4-9-21-18/h2-7,9,16,20,22H,8,10,12-13H2,1H3/t16-/m0/s1. The molecule has 1 atom stereocenters. The van der Waals surface area contributed by atoms with Gasteiger partial charge in [0.05, 0.1) is 7.11 Å². The lowest BCUT2D eigenvalue weighted by Crippen LogP contribution is -2.32. The Morgan fingerprint density at radius 2 is 2.12 bits per heavy atom. The second-order valence-electron chi connectivity index (χ2n) is 5.20. The highest BCUT2D eigenvalue weighted by Gasteiger charge is 2.09. The molecular weight excluding hydrogens is 306 g/mol. The van der Waals surface area contributed by atoms with E-state index in [1.807, 2.05) is 30.3 Å². The van der Waals surface area contributed by atoms with Crippen molar-refractivity contribution in [1.29, 1.82) is 5.26 Å². The summed E-state index contributed by atoms with van der Waals surface area (Å²) in [5.74, 6) is 1.11. The van der Waals surface area contributed by atoms with Crippen LogP contribution in [0.4, 0.5) is 0 Å². The third-order valence-corrected chi connectivity index (χ3v) is 3.45. The molecule has 0 aliphatic heterocycles. The summed E-state index contributed by atoms with van der Waals surface area (Å²) >= 11 is 0. The number of rotatable bonds is 9. The van der Waals surface area contributed by atoms with E-state index in [2.05, 4.69) is 10.3 Å². The number of ether oxygens (including phenoxy) is 2. The summed E-state index contributed by atoms with van der Waals surface area (Å²) in [6, 6.07) is 13.2. The van der Waals surface area contributed by atoms with E-state index in [0.29, 0.717) is 18.7 Å². The zero-order valence-corrected chi connectivity index (χ0v) is 13.6. The number of aliphatic hydroxyl groups is 1. The summed E-state index contributed by atoms with van der Waals surface area (Å²) < 4.78 is 10.7. The van der Waals surface area contributed by atoms with Gasteiger partial charge in [0.2, 0.25) is 5.88 Å². The highest BCUT2D eigenvalue weighted by atomic mass is 16.5. The van der Waals surface area contributed by atoms with Crippen LogP contribution in [-0.4, -0.2) is 43.0 Å². The van der Waals surface area contributed by atoms with E-state index in [1.54, 1.807) is 25.4 Å². The molecule has 6 nitrogen and oxygen atoms in total. The predicted octanol–water partition coefficient (Wildman–Crippen LogP) is 1.53. The number of hydrogen-bond acceptors (Lipinski definition) is 6. The van der Waals surface area contributed by atoms with Crippen molar-refractivity contribution in [2.75, 3.05) is 26.8 Å². The lowest BCUT2D eigenvalue weighted by molar-refractivity contribution is 0.104. The van der Waals surface area contributed by atoms with Gasteiger partial charge in [0.25, 0.3) is 0 Å². The summed E-state index contributed by atoms with van der Waals surface area (Å²) in [6.07, 6.45) is 1.67. The Bertz CT molecular complexity index is 685. The smallest absolute Gasteiger partial charge is 0.231 e. The number of para-hydroxylation sites is 1. The van der Waals surface area contributed by atoms with Crippen LogP contribution in [-0.2, 0) is 6.42 Å². The summed E-state index contributed by atoms with van der Waals surface area (Å²) in [7, 11) is 1.65. The fourth-order valence-corrected chi connectivity index (χ4v) is 2.23. The van der Waals surface area contributed by atoms with Crippen molar-refractivity contribution in [3.63, 3.8) is 0 Å². The minimum Gasteiger partial charge on any atom is -0.496 e. The monoisotopic (exact) mass is 327 g/mol. The molecule has 0 amide bonds. The Hall–Kier alpha value is -2.62. The lowest BCUT2D eigenvalue weighted by Gasteiger charge is -2.14. The second-order valence-corrected chi connectivity index (χ2v) is 5.20. The first-order valence-electron chi connectivity index (χ1n) is 7.73. The molecule has 0 saturated heterocycles. The first-order chi connectivity index (χ1) is 11.7. The van der Waals surface area contributed by atoms with Gasteiger partial charge in [-0.2, -0.15) is 5.26 Å². The molecule has 1 heterocycles. The molecule has 0 aliphatic carbocycles. The number of nitrogens with zero attached hydrogens (tertiary/aromatic N) is 2. The van der Waals surface area contributed by atoms with E-state index in [4.69, 9.17) is 14.7 Å². The maximum atomic E-state index is 9.95. The average Bonchev–Trinajstić information content (AvgIpc) is 2.64. The molecule has 2 N–H and O–H groups in total. The normalized spacial score (nSPS) is 11.5. The van der Waals surface area contributed by atoms with Gasteiger partial charge in [0.1, 0.15) is 30.1 Å². The van der Waals surface area contributed by atoms with Crippen molar-refractivity contribution in [1.82, 2.24) is 10.3 Å². The Morgan fingerprint density at radius 3 is 2.92 bits per heavy atom. The van der Waals surface area contributed by atoms with Gasteiger partial charge in [-0.3, -0.25) is 0 Å². The molecule has 126 valence electrons. The highest BCUT2D eigenvalue weighted by molar-refractivity contribution is 5.37. The van der Waals surface area contributed by atoms with Gasteiger partial charge in [-0.15, -0.1) is 0 Å². The second kappa shape index (κ2) is 9.50. The maximum absolute atomic E-state index is 9.95. The van der Waals surface area contributed by atoms with Crippen molar-refractivity contribution < 1.29 is 14.6 Å². The number of nitrogens with one attached hydrogen (secondary N) is 1. The van der Waals surface area contributed by atoms with E-state index in [0.717, 1.165) is 17.7 Å². The SMILES string of the molecule is COc1ccccc1CCNC[C@H](O)COc1ncccc1C#N.